The first kappa shape index (κ1) is 18.9. The maximum Gasteiger partial charge on any atom is 0.156 e. The maximum absolute atomic E-state index is 12.4. The van der Waals surface area contributed by atoms with Crippen molar-refractivity contribution in [3.63, 3.8) is 0 Å². The summed E-state index contributed by atoms with van der Waals surface area (Å²) in [5.74, 6) is 0.774. The Balaban J connectivity index is 2.81. The molecule has 4 nitrogen and oxygen atoms in total. The summed E-state index contributed by atoms with van der Waals surface area (Å²) in [5.41, 5.74) is 0.0941. The molecular formula is C16H34N2O2S. The molecule has 0 aromatic rings. The summed E-state index contributed by atoms with van der Waals surface area (Å²) in [6, 6.07) is 0.416. The van der Waals surface area contributed by atoms with E-state index in [1.54, 1.807) is 20.8 Å². The van der Waals surface area contributed by atoms with Crippen LogP contribution < -0.4 is 5.32 Å². The first-order valence-corrected chi connectivity index (χ1v) is 9.78. The summed E-state index contributed by atoms with van der Waals surface area (Å²) in [4.78, 5) is 2.38. The van der Waals surface area contributed by atoms with E-state index in [1.165, 1.54) is 0 Å². The minimum absolute atomic E-state index is 0.0941. The quantitative estimate of drug-likeness (QED) is 0.845. The van der Waals surface area contributed by atoms with Gasteiger partial charge in [0.05, 0.1) is 10.5 Å². The van der Waals surface area contributed by atoms with Gasteiger partial charge in [0.1, 0.15) is 0 Å². The van der Waals surface area contributed by atoms with Gasteiger partial charge in [0, 0.05) is 31.2 Å². The molecule has 0 radical (unpaired) electrons. The van der Waals surface area contributed by atoms with Gasteiger partial charge < -0.3 is 5.32 Å². The van der Waals surface area contributed by atoms with Crippen LogP contribution in [0.15, 0.2) is 0 Å². The lowest BCUT2D eigenvalue weighted by atomic mass is 9.90. The van der Waals surface area contributed by atoms with Crippen LogP contribution in [0.5, 0.6) is 0 Å². The van der Waals surface area contributed by atoms with Crippen molar-refractivity contribution < 1.29 is 8.42 Å². The van der Waals surface area contributed by atoms with Crippen LogP contribution in [0.2, 0.25) is 0 Å². The maximum atomic E-state index is 12.4. The van der Waals surface area contributed by atoms with Crippen molar-refractivity contribution >= 4 is 9.84 Å². The Morgan fingerprint density at radius 1 is 1.33 bits per heavy atom. The van der Waals surface area contributed by atoms with E-state index in [1.807, 2.05) is 0 Å². The van der Waals surface area contributed by atoms with Gasteiger partial charge in [0.2, 0.25) is 0 Å². The highest BCUT2D eigenvalue weighted by molar-refractivity contribution is 7.92. The number of hydrogen-bond donors (Lipinski definition) is 1. The minimum atomic E-state index is -3.05. The SMILES string of the molecule is CCC1(C)CN(CCS(=O)(=O)C(C)(C)C)C(C(C)C)CN1. The van der Waals surface area contributed by atoms with E-state index in [0.29, 0.717) is 18.5 Å². The zero-order chi connectivity index (χ0) is 16.5. The molecular weight excluding hydrogens is 284 g/mol. The summed E-state index contributed by atoms with van der Waals surface area (Å²) in [6.45, 7) is 16.7. The van der Waals surface area contributed by atoms with Gasteiger partial charge in [0.15, 0.2) is 9.84 Å². The molecule has 0 spiro atoms. The highest BCUT2D eigenvalue weighted by Crippen LogP contribution is 2.24. The number of rotatable bonds is 5. The normalized spacial score (nSPS) is 29.0. The van der Waals surface area contributed by atoms with Crippen molar-refractivity contribution in [3.8, 4) is 0 Å². The lowest BCUT2D eigenvalue weighted by Gasteiger charge is -2.47. The fourth-order valence-corrected chi connectivity index (χ4v) is 3.87. The van der Waals surface area contributed by atoms with Crippen molar-refractivity contribution in [3.05, 3.63) is 0 Å². The van der Waals surface area contributed by atoms with Crippen LogP contribution in [0.4, 0.5) is 0 Å². The third-order valence-corrected chi connectivity index (χ3v) is 7.48. The standard InChI is InChI=1S/C16H34N2O2S/c1-8-16(7)12-18(14(11-17-16)13(2)3)9-10-21(19,20)15(4,5)6/h13-14,17H,8-12H2,1-7H3. The van der Waals surface area contributed by atoms with E-state index in [-0.39, 0.29) is 11.3 Å². The van der Waals surface area contributed by atoms with Crippen LogP contribution in [0.1, 0.15) is 54.9 Å². The fraction of sp³-hybridized carbons (Fsp3) is 1.00. The Hall–Kier alpha value is -0.130. The van der Waals surface area contributed by atoms with Gasteiger partial charge in [0.25, 0.3) is 0 Å². The lowest BCUT2D eigenvalue weighted by molar-refractivity contribution is 0.0657. The molecule has 2 atom stereocenters. The Labute approximate surface area is 131 Å². The molecule has 1 fully saturated rings. The molecule has 0 aromatic heterocycles. The van der Waals surface area contributed by atoms with E-state index < -0.39 is 14.6 Å². The Kier molecular flexibility index (Phi) is 5.90. The highest BCUT2D eigenvalue weighted by Gasteiger charge is 2.37. The van der Waals surface area contributed by atoms with Crippen molar-refractivity contribution in [2.45, 2.75) is 71.2 Å². The Bertz CT molecular complexity index is 440. The van der Waals surface area contributed by atoms with Crippen molar-refractivity contribution in [2.24, 2.45) is 5.92 Å². The first-order valence-electron chi connectivity index (χ1n) is 8.13. The largest absolute Gasteiger partial charge is 0.309 e. The zero-order valence-corrected chi connectivity index (χ0v) is 15.7. The lowest BCUT2D eigenvalue weighted by Crippen LogP contribution is -2.64. The van der Waals surface area contributed by atoms with Gasteiger partial charge in [-0.15, -0.1) is 0 Å². The first-order chi connectivity index (χ1) is 9.42. The molecule has 126 valence electrons. The molecule has 1 saturated heterocycles. The van der Waals surface area contributed by atoms with Gasteiger partial charge in [-0.05, 0) is 40.0 Å². The third kappa shape index (κ3) is 4.67. The van der Waals surface area contributed by atoms with E-state index >= 15 is 0 Å². The average Bonchev–Trinajstić information content (AvgIpc) is 2.35. The van der Waals surface area contributed by atoms with Gasteiger partial charge in [-0.1, -0.05) is 20.8 Å². The van der Waals surface area contributed by atoms with Gasteiger partial charge in [-0.25, -0.2) is 8.42 Å². The van der Waals surface area contributed by atoms with E-state index in [2.05, 4.69) is 37.9 Å². The van der Waals surface area contributed by atoms with E-state index in [4.69, 9.17) is 0 Å². The minimum Gasteiger partial charge on any atom is -0.309 e. The second kappa shape index (κ2) is 6.55. The molecule has 0 amide bonds. The predicted molar refractivity (Wildman–Crippen MR) is 90.4 cm³/mol. The second-order valence-electron chi connectivity index (χ2n) is 8.01. The molecule has 0 aromatic carbocycles. The zero-order valence-electron chi connectivity index (χ0n) is 14.9. The predicted octanol–water partition coefficient (Wildman–Crippen LogP) is 2.30. The Morgan fingerprint density at radius 3 is 2.33 bits per heavy atom. The van der Waals surface area contributed by atoms with Crippen LogP contribution in [0, 0.1) is 5.92 Å². The van der Waals surface area contributed by atoms with Gasteiger partial charge in [-0.3, -0.25) is 4.90 Å². The molecule has 0 bridgehead atoms. The van der Waals surface area contributed by atoms with Crippen molar-refractivity contribution in [2.75, 3.05) is 25.4 Å². The summed E-state index contributed by atoms with van der Waals surface area (Å²) >= 11 is 0. The summed E-state index contributed by atoms with van der Waals surface area (Å²) in [5, 5.41) is 3.64. The number of piperazine rings is 1. The van der Waals surface area contributed by atoms with Crippen LogP contribution in [0.3, 0.4) is 0 Å². The molecule has 0 saturated carbocycles. The van der Waals surface area contributed by atoms with Crippen LogP contribution >= 0.6 is 0 Å². The molecule has 1 N–H and O–H groups in total. The monoisotopic (exact) mass is 318 g/mol. The third-order valence-electron chi connectivity index (χ3n) is 4.89. The number of hydrogen-bond acceptors (Lipinski definition) is 4. The van der Waals surface area contributed by atoms with Crippen LogP contribution in [0.25, 0.3) is 0 Å². The topological polar surface area (TPSA) is 49.4 Å². The second-order valence-corrected chi connectivity index (χ2v) is 10.9. The highest BCUT2D eigenvalue weighted by atomic mass is 32.2. The molecule has 1 rings (SSSR count). The molecule has 1 aliphatic rings. The summed E-state index contributed by atoms with van der Waals surface area (Å²) in [6.07, 6.45) is 1.06. The van der Waals surface area contributed by atoms with Gasteiger partial charge in [-0.2, -0.15) is 0 Å². The number of nitrogens with zero attached hydrogens (tertiary/aromatic N) is 1. The van der Waals surface area contributed by atoms with E-state index in [9.17, 15) is 8.42 Å². The summed E-state index contributed by atoms with van der Waals surface area (Å²) < 4.78 is 24.1. The number of nitrogens with one attached hydrogen (secondary N) is 1. The fourth-order valence-electron chi connectivity index (χ4n) is 2.78. The molecule has 1 aliphatic heterocycles. The summed E-state index contributed by atoms with van der Waals surface area (Å²) in [7, 11) is -3.05. The van der Waals surface area contributed by atoms with E-state index in [0.717, 1.165) is 19.5 Å². The molecule has 5 heteroatoms. The van der Waals surface area contributed by atoms with Crippen molar-refractivity contribution in [1.29, 1.82) is 0 Å². The molecule has 21 heavy (non-hydrogen) atoms. The molecule has 2 unspecified atom stereocenters. The van der Waals surface area contributed by atoms with Crippen LogP contribution in [-0.4, -0.2) is 55.0 Å². The Morgan fingerprint density at radius 2 is 1.90 bits per heavy atom. The van der Waals surface area contributed by atoms with Crippen LogP contribution in [-0.2, 0) is 9.84 Å². The average molecular weight is 319 g/mol. The smallest absolute Gasteiger partial charge is 0.156 e. The van der Waals surface area contributed by atoms with Gasteiger partial charge >= 0.3 is 0 Å². The molecule has 0 aliphatic carbocycles. The number of sulfone groups is 1. The molecule has 1 heterocycles. The van der Waals surface area contributed by atoms with Crippen molar-refractivity contribution in [1.82, 2.24) is 10.2 Å².